The van der Waals surface area contributed by atoms with E-state index in [0.717, 1.165) is 11.3 Å². The number of benzene rings is 1. The molecule has 6 nitrogen and oxygen atoms in total. The van der Waals surface area contributed by atoms with E-state index in [-0.39, 0.29) is 5.91 Å². The second kappa shape index (κ2) is 4.33. The summed E-state index contributed by atoms with van der Waals surface area (Å²) in [5, 5.41) is 6.94. The standard InChI is InChI=1S/C15H15N3O3/c1-10-7-20-17-12(10)6-18-8-15(9-18)16-14(19)11-4-2-3-5-13(11)21-15/h2-5,7H,6,8-9H2,1H3,(H,16,19). The zero-order valence-electron chi connectivity index (χ0n) is 11.6. The van der Waals surface area contributed by atoms with Crippen LogP contribution in [0.5, 0.6) is 5.75 Å². The summed E-state index contributed by atoms with van der Waals surface area (Å²) in [6.07, 6.45) is 1.64. The van der Waals surface area contributed by atoms with Crippen molar-refractivity contribution in [1.82, 2.24) is 15.4 Å². The van der Waals surface area contributed by atoms with Crippen LogP contribution in [-0.4, -0.2) is 34.8 Å². The molecule has 1 N–H and O–H groups in total. The summed E-state index contributed by atoms with van der Waals surface area (Å²) in [5.74, 6) is 0.577. The van der Waals surface area contributed by atoms with E-state index >= 15 is 0 Å². The Morgan fingerprint density at radius 3 is 2.95 bits per heavy atom. The van der Waals surface area contributed by atoms with Crippen molar-refractivity contribution in [3.05, 3.63) is 47.3 Å². The number of likely N-dealkylation sites (tertiary alicyclic amines) is 1. The van der Waals surface area contributed by atoms with Crippen molar-refractivity contribution < 1.29 is 14.1 Å². The van der Waals surface area contributed by atoms with E-state index < -0.39 is 5.72 Å². The molecule has 1 amide bonds. The molecule has 0 atom stereocenters. The molecule has 1 fully saturated rings. The number of nitrogens with zero attached hydrogens (tertiary/aromatic N) is 2. The number of hydrogen-bond acceptors (Lipinski definition) is 5. The lowest BCUT2D eigenvalue weighted by molar-refractivity contribution is -0.103. The number of carbonyl (C=O) groups excluding carboxylic acids is 1. The minimum atomic E-state index is -0.608. The second-order valence-corrected chi connectivity index (χ2v) is 5.64. The summed E-state index contributed by atoms with van der Waals surface area (Å²) in [6.45, 7) is 3.94. The summed E-state index contributed by atoms with van der Waals surface area (Å²) in [6, 6.07) is 7.31. The normalized spacial score (nSPS) is 19.6. The molecule has 0 unspecified atom stereocenters. The highest BCUT2D eigenvalue weighted by Gasteiger charge is 2.49. The molecule has 4 rings (SSSR count). The topological polar surface area (TPSA) is 67.6 Å². The van der Waals surface area contributed by atoms with E-state index in [1.165, 1.54) is 0 Å². The maximum Gasteiger partial charge on any atom is 0.258 e. The summed E-state index contributed by atoms with van der Waals surface area (Å²) >= 11 is 0. The molecular weight excluding hydrogens is 270 g/mol. The van der Waals surface area contributed by atoms with Crippen LogP contribution in [0.1, 0.15) is 21.6 Å². The molecule has 0 saturated carbocycles. The maximum absolute atomic E-state index is 12.1. The van der Waals surface area contributed by atoms with Gasteiger partial charge in [-0.25, -0.2) is 0 Å². The number of nitrogens with one attached hydrogen (secondary N) is 1. The van der Waals surface area contributed by atoms with Crippen LogP contribution in [-0.2, 0) is 6.54 Å². The van der Waals surface area contributed by atoms with E-state index in [1.807, 2.05) is 25.1 Å². The van der Waals surface area contributed by atoms with Crippen molar-refractivity contribution in [3.63, 3.8) is 0 Å². The molecule has 6 heteroatoms. The van der Waals surface area contributed by atoms with Crippen LogP contribution >= 0.6 is 0 Å². The molecule has 1 spiro atoms. The number of carbonyl (C=O) groups is 1. The fourth-order valence-corrected chi connectivity index (χ4v) is 2.86. The Kier molecular flexibility index (Phi) is 2.56. The maximum atomic E-state index is 12.1. The van der Waals surface area contributed by atoms with E-state index in [2.05, 4.69) is 15.4 Å². The Morgan fingerprint density at radius 1 is 1.38 bits per heavy atom. The van der Waals surface area contributed by atoms with Crippen molar-refractivity contribution in [1.29, 1.82) is 0 Å². The van der Waals surface area contributed by atoms with Gasteiger partial charge in [-0.2, -0.15) is 0 Å². The van der Waals surface area contributed by atoms with Gasteiger partial charge in [0.05, 0.1) is 18.7 Å². The Bertz CT molecular complexity index is 704. The van der Waals surface area contributed by atoms with Crippen LogP contribution in [0.4, 0.5) is 0 Å². The number of ether oxygens (including phenoxy) is 1. The van der Waals surface area contributed by atoms with E-state index in [9.17, 15) is 4.79 Å². The molecule has 3 heterocycles. The van der Waals surface area contributed by atoms with Crippen molar-refractivity contribution in [2.45, 2.75) is 19.2 Å². The van der Waals surface area contributed by atoms with Gasteiger partial charge >= 0.3 is 0 Å². The van der Waals surface area contributed by atoms with Crippen molar-refractivity contribution in [2.75, 3.05) is 13.1 Å². The van der Waals surface area contributed by atoms with Crippen LogP contribution in [0.25, 0.3) is 0 Å². The van der Waals surface area contributed by atoms with Gasteiger partial charge in [-0.05, 0) is 19.1 Å². The first kappa shape index (κ1) is 12.4. The molecule has 0 radical (unpaired) electrons. The van der Waals surface area contributed by atoms with Gasteiger partial charge in [0.15, 0.2) is 0 Å². The van der Waals surface area contributed by atoms with E-state index in [0.29, 0.717) is 30.9 Å². The highest BCUT2D eigenvalue weighted by Crippen LogP contribution is 2.33. The molecule has 1 saturated heterocycles. The molecule has 0 aliphatic carbocycles. The van der Waals surface area contributed by atoms with Crippen LogP contribution in [0, 0.1) is 6.92 Å². The average Bonchev–Trinajstić information content (AvgIpc) is 2.83. The van der Waals surface area contributed by atoms with Gasteiger partial charge in [0.25, 0.3) is 5.91 Å². The molecular formula is C15H15N3O3. The minimum absolute atomic E-state index is 0.0749. The Balaban J connectivity index is 1.48. The Labute approximate surface area is 121 Å². The number of hydrogen-bond donors (Lipinski definition) is 1. The number of aromatic nitrogens is 1. The molecule has 108 valence electrons. The largest absolute Gasteiger partial charge is 0.464 e. The monoisotopic (exact) mass is 285 g/mol. The number of para-hydroxylation sites is 1. The molecule has 0 bridgehead atoms. The van der Waals surface area contributed by atoms with Crippen LogP contribution in [0.3, 0.4) is 0 Å². The van der Waals surface area contributed by atoms with Crippen molar-refractivity contribution >= 4 is 5.91 Å². The van der Waals surface area contributed by atoms with Gasteiger partial charge in [0.1, 0.15) is 17.7 Å². The van der Waals surface area contributed by atoms with Gasteiger partial charge in [0.2, 0.25) is 5.72 Å². The minimum Gasteiger partial charge on any atom is -0.464 e. The van der Waals surface area contributed by atoms with Crippen molar-refractivity contribution in [2.24, 2.45) is 0 Å². The SMILES string of the molecule is Cc1conc1CN1CC2(C1)NC(=O)c1ccccc1O2. The summed E-state index contributed by atoms with van der Waals surface area (Å²) in [4.78, 5) is 14.3. The molecule has 1 aromatic heterocycles. The third kappa shape index (κ3) is 1.99. The number of aryl methyl sites for hydroxylation is 1. The molecule has 1 aromatic carbocycles. The third-order valence-corrected chi connectivity index (χ3v) is 3.96. The van der Waals surface area contributed by atoms with Gasteiger partial charge < -0.3 is 14.6 Å². The first-order valence-corrected chi connectivity index (χ1v) is 6.88. The zero-order chi connectivity index (χ0) is 14.4. The van der Waals surface area contributed by atoms with Crippen molar-refractivity contribution in [3.8, 4) is 5.75 Å². The van der Waals surface area contributed by atoms with Gasteiger partial charge in [-0.15, -0.1) is 0 Å². The molecule has 2 aromatic rings. The Hall–Kier alpha value is -2.34. The molecule has 2 aliphatic heterocycles. The lowest BCUT2D eigenvalue weighted by atomic mass is 9.99. The summed E-state index contributed by atoms with van der Waals surface area (Å²) < 4.78 is 10.9. The molecule has 2 aliphatic rings. The first-order valence-electron chi connectivity index (χ1n) is 6.88. The number of fused-ring (bicyclic) bond motifs is 1. The first-order chi connectivity index (χ1) is 10.2. The highest BCUT2D eigenvalue weighted by atomic mass is 16.5. The number of rotatable bonds is 2. The second-order valence-electron chi connectivity index (χ2n) is 5.64. The quantitative estimate of drug-likeness (QED) is 0.901. The molecule has 21 heavy (non-hydrogen) atoms. The summed E-state index contributed by atoms with van der Waals surface area (Å²) in [7, 11) is 0. The lowest BCUT2D eigenvalue weighted by Crippen LogP contribution is -2.74. The average molecular weight is 285 g/mol. The fourth-order valence-electron chi connectivity index (χ4n) is 2.86. The van der Waals surface area contributed by atoms with Crippen LogP contribution < -0.4 is 10.1 Å². The van der Waals surface area contributed by atoms with E-state index in [4.69, 9.17) is 9.26 Å². The predicted octanol–water partition coefficient (Wildman–Crippen LogP) is 1.32. The number of amides is 1. The predicted molar refractivity (Wildman–Crippen MR) is 73.8 cm³/mol. The van der Waals surface area contributed by atoms with Gasteiger partial charge in [-0.1, -0.05) is 17.3 Å². The summed E-state index contributed by atoms with van der Waals surface area (Å²) in [5.41, 5.74) is 1.94. The third-order valence-electron chi connectivity index (χ3n) is 3.96. The smallest absolute Gasteiger partial charge is 0.258 e. The zero-order valence-corrected chi connectivity index (χ0v) is 11.6. The fraction of sp³-hybridized carbons (Fsp3) is 0.333. The highest BCUT2D eigenvalue weighted by molar-refractivity contribution is 5.98. The van der Waals surface area contributed by atoms with Crippen LogP contribution in [0.2, 0.25) is 0 Å². The van der Waals surface area contributed by atoms with Gasteiger partial charge in [0, 0.05) is 12.1 Å². The lowest BCUT2D eigenvalue weighted by Gasteiger charge is -2.51. The van der Waals surface area contributed by atoms with Crippen LogP contribution in [0.15, 0.2) is 35.1 Å². The van der Waals surface area contributed by atoms with E-state index in [1.54, 1.807) is 12.3 Å². The van der Waals surface area contributed by atoms with Gasteiger partial charge in [-0.3, -0.25) is 9.69 Å². The Morgan fingerprint density at radius 2 is 2.19 bits per heavy atom.